The molecule has 1 fully saturated rings. The molecule has 4 aliphatic heterocycles. The van der Waals surface area contributed by atoms with Crippen LogP contribution in [0.15, 0.2) is 52.6 Å². The zero-order valence-corrected chi connectivity index (χ0v) is 30.6. The number of unbranched alkanes of at least 4 members (excludes halogenated alkanes) is 1. The van der Waals surface area contributed by atoms with Crippen molar-refractivity contribution in [3.63, 3.8) is 0 Å². The summed E-state index contributed by atoms with van der Waals surface area (Å²) in [5.74, 6) is -0.817. The Bertz CT molecular complexity index is 2040. The molecule has 3 atom stereocenters. The number of carbonyl (C=O) groups excluding carboxylic acids is 5. The minimum atomic E-state index is -0.733. The Morgan fingerprint density at radius 1 is 1.06 bits per heavy atom. The summed E-state index contributed by atoms with van der Waals surface area (Å²) in [5.41, 5.74) is 8.66. The smallest absolute Gasteiger partial charge is 0.255 e. The Hall–Kier alpha value is -5.08. The van der Waals surface area contributed by atoms with Gasteiger partial charge in [-0.05, 0) is 69.9 Å². The number of fused-ring (bicyclic) bond motifs is 4. The van der Waals surface area contributed by atoms with E-state index < -0.39 is 18.0 Å². The highest BCUT2D eigenvalue weighted by Gasteiger charge is 2.41. The van der Waals surface area contributed by atoms with E-state index in [2.05, 4.69) is 45.2 Å². The molecule has 0 saturated carbocycles. The predicted octanol–water partition coefficient (Wildman–Crippen LogP) is 4.38. The predicted molar refractivity (Wildman–Crippen MR) is 200 cm³/mol. The maximum Gasteiger partial charge on any atom is 0.255 e. The molecule has 7 rings (SSSR count). The van der Waals surface area contributed by atoms with Crippen molar-refractivity contribution in [1.29, 1.82) is 0 Å². The molecule has 0 radical (unpaired) electrons. The molecule has 4 aliphatic rings. The van der Waals surface area contributed by atoms with Gasteiger partial charge in [-0.2, -0.15) is 5.10 Å². The molecular formula is C37H39ClN8O5S. The van der Waals surface area contributed by atoms with Gasteiger partial charge in [0.05, 0.1) is 12.1 Å². The molecule has 270 valence electrons. The van der Waals surface area contributed by atoms with Gasteiger partial charge in [0.2, 0.25) is 23.6 Å². The molecule has 3 unspecified atom stereocenters. The molecular weight excluding hydrogens is 704 g/mol. The second-order valence-electron chi connectivity index (χ2n) is 13.4. The standard InChI is InChI=1S/C37H39ClN8O5S/c1-19-20(2)52-37-32(19)33(22-10-12-23(38)13-11-22)41-27(34-44-43-21(3)46(34)37)17-31(49)39-16-5-4-9-29(47)40-26-8-6-7-24-25(26)18-45(36(24)51)28-14-15-30(48)42-35(28)50/h6-8,10-13,21,27-28,43H,4-5,9,14-18H2,1-3H3,(H,39,49)(H,40,47)(H,42,48,50). The second-order valence-corrected chi connectivity index (χ2v) is 15.0. The lowest BCUT2D eigenvalue weighted by atomic mass is 9.99. The fourth-order valence-corrected chi connectivity index (χ4v) is 8.46. The first kappa shape index (κ1) is 35.3. The zero-order valence-electron chi connectivity index (χ0n) is 29.0. The van der Waals surface area contributed by atoms with Crippen LogP contribution < -0.4 is 26.3 Å². The Morgan fingerprint density at radius 3 is 2.62 bits per heavy atom. The van der Waals surface area contributed by atoms with Crippen molar-refractivity contribution in [3.8, 4) is 0 Å². The Morgan fingerprint density at radius 2 is 1.85 bits per heavy atom. The lowest BCUT2D eigenvalue weighted by Crippen LogP contribution is -2.52. The van der Waals surface area contributed by atoms with Gasteiger partial charge in [-0.25, -0.2) is 0 Å². The molecule has 5 amide bonds. The van der Waals surface area contributed by atoms with Crippen LogP contribution in [0.4, 0.5) is 10.7 Å². The molecule has 2 aromatic carbocycles. The van der Waals surface area contributed by atoms with Gasteiger partial charge < -0.3 is 15.5 Å². The van der Waals surface area contributed by atoms with Crippen LogP contribution in [0.3, 0.4) is 0 Å². The molecule has 52 heavy (non-hydrogen) atoms. The van der Waals surface area contributed by atoms with Crippen molar-refractivity contribution in [1.82, 2.24) is 21.0 Å². The number of hydrogen-bond acceptors (Lipinski definition) is 10. The van der Waals surface area contributed by atoms with Crippen molar-refractivity contribution < 1.29 is 24.0 Å². The highest BCUT2D eigenvalue weighted by Crippen LogP contribution is 2.42. The number of amides is 5. The summed E-state index contributed by atoms with van der Waals surface area (Å²) in [5, 5.41) is 14.5. The number of nitrogens with one attached hydrogen (secondary N) is 4. The fourth-order valence-electron chi connectivity index (χ4n) is 7.09. The summed E-state index contributed by atoms with van der Waals surface area (Å²) in [7, 11) is 0. The minimum Gasteiger partial charge on any atom is -0.356 e. The molecule has 0 bridgehead atoms. The lowest BCUT2D eigenvalue weighted by molar-refractivity contribution is -0.137. The number of carbonyl (C=O) groups is 5. The monoisotopic (exact) mass is 742 g/mol. The number of anilines is 2. The summed E-state index contributed by atoms with van der Waals surface area (Å²) in [4.78, 5) is 73.4. The van der Waals surface area contributed by atoms with Gasteiger partial charge in [0.15, 0.2) is 5.84 Å². The first-order valence-electron chi connectivity index (χ1n) is 17.4. The number of rotatable bonds is 10. The van der Waals surface area contributed by atoms with Crippen molar-refractivity contribution >= 4 is 74.7 Å². The fraction of sp³-hybridized carbons (Fsp3) is 0.378. The average Bonchev–Trinajstić information content (AvgIpc) is 3.72. The van der Waals surface area contributed by atoms with Crippen LogP contribution in [-0.4, -0.2) is 70.8 Å². The molecule has 4 N–H and O–H groups in total. The van der Waals surface area contributed by atoms with Crippen molar-refractivity contribution in [2.24, 2.45) is 10.1 Å². The van der Waals surface area contributed by atoms with E-state index >= 15 is 0 Å². The normalized spacial score (nSPS) is 20.6. The summed E-state index contributed by atoms with van der Waals surface area (Å²) in [6, 6.07) is 11.4. The molecule has 1 saturated heterocycles. The van der Waals surface area contributed by atoms with Gasteiger partial charge in [0.25, 0.3) is 5.91 Å². The summed E-state index contributed by atoms with van der Waals surface area (Å²) >= 11 is 7.91. The second kappa shape index (κ2) is 14.5. The summed E-state index contributed by atoms with van der Waals surface area (Å²) in [6.07, 6.45) is 1.76. The maximum atomic E-state index is 13.3. The number of hydrogen-bond donors (Lipinski definition) is 4. The van der Waals surface area contributed by atoms with E-state index in [1.165, 1.54) is 9.78 Å². The zero-order chi connectivity index (χ0) is 36.7. The van der Waals surface area contributed by atoms with Crippen LogP contribution in [0.5, 0.6) is 0 Å². The number of hydrazone groups is 1. The summed E-state index contributed by atoms with van der Waals surface area (Å²) < 4.78 is 0. The largest absolute Gasteiger partial charge is 0.356 e. The average molecular weight is 743 g/mol. The van der Waals surface area contributed by atoms with E-state index in [1.54, 1.807) is 29.5 Å². The van der Waals surface area contributed by atoms with Crippen LogP contribution in [-0.2, 0) is 25.7 Å². The van der Waals surface area contributed by atoms with Gasteiger partial charge >= 0.3 is 0 Å². The van der Waals surface area contributed by atoms with Gasteiger partial charge in [0.1, 0.15) is 23.3 Å². The number of amidine groups is 1. The molecule has 13 nitrogen and oxygen atoms in total. The number of benzene rings is 2. The topological polar surface area (TPSA) is 165 Å². The molecule has 0 spiro atoms. The van der Waals surface area contributed by atoms with Gasteiger partial charge in [-0.15, -0.1) is 11.3 Å². The van der Waals surface area contributed by atoms with E-state index in [0.717, 1.165) is 27.4 Å². The Labute approximate surface area is 309 Å². The number of halogens is 1. The van der Waals surface area contributed by atoms with E-state index in [9.17, 15) is 24.0 Å². The number of aryl methyl sites for hydroxylation is 1. The molecule has 3 aromatic rings. The SMILES string of the molecule is Cc1sc2c(c1C)C(c1ccc(Cl)cc1)=NC(CC(=O)NCCCCC(=O)Nc1cccc3c1CN(C1CCC(=O)NC1=O)C3=O)C1=NNC(C)N12. The molecule has 15 heteroatoms. The van der Waals surface area contributed by atoms with Crippen molar-refractivity contribution in [2.45, 2.75) is 84.1 Å². The molecule has 1 aromatic heterocycles. The third-order valence-corrected chi connectivity index (χ3v) is 11.4. The van der Waals surface area contributed by atoms with Gasteiger partial charge in [0, 0.05) is 63.8 Å². The lowest BCUT2D eigenvalue weighted by Gasteiger charge is -2.29. The number of aliphatic imine (C=N–C) groups is 1. The quantitative estimate of drug-likeness (QED) is 0.177. The van der Waals surface area contributed by atoms with Crippen LogP contribution in [0.2, 0.25) is 5.02 Å². The number of piperidine rings is 1. The maximum absolute atomic E-state index is 13.3. The highest BCUT2D eigenvalue weighted by atomic mass is 35.5. The Kier molecular flexibility index (Phi) is 9.86. The third-order valence-electron chi connectivity index (χ3n) is 9.91. The third kappa shape index (κ3) is 6.80. The van der Waals surface area contributed by atoms with Crippen LogP contribution in [0.1, 0.15) is 82.9 Å². The number of thiophene rings is 1. The van der Waals surface area contributed by atoms with Crippen molar-refractivity contribution in [2.75, 3.05) is 16.8 Å². The molecule has 5 heterocycles. The number of imide groups is 1. The van der Waals surface area contributed by atoms with Crippen LogP contribution in [0.25, 0.3) is 0 Å². The minimum absolute atomic E-state index is 0.0992. The van der Waals surface area contributed by atoms with E-state index in [0.29, 0.717) is 47.1 Å². The van der Waals surface area contributed by atoms with Crippen molar-refractivity contribution in [3.05, 3.63) is 80.2 Å². The van der Waals surface area contributed by atoms with E-state index in [4.69, 9.17) is 16.6 Å². The van der Waals surface area contributed by atoms with Gasteiger partial charge in [-0.3, -0.25) is 44.6 Å². The molecule has 0 aliphatic carbocycles. The van der Waals surface area contributed by atoms with Gasteiger partial charge in [-0.1, -0.05) is 29.8 Å². The number of nitrogens with zero attached hydrogens (tertiary/aromatic N) is 4. The summed E-state index contributed by atoms with van der Waals surface area (Å²) in [6.45, 7) is 6.79. The van der Waals surface area contributed by atoms with Crippen LogP contribution >= 0.6 is 22.9 Å². The highest BCUT2D eigenvalue weighted by molar-refractivity contribution is 7.17. The first-order valence-corrected chi connectivity index (χ1v) is 18.6. The van der Waals surface area contributed by atoms with Crippen LogP contribution in [0, 0.1) is 13.8 Å². The first-order chi connectivity index (χ1) is 25.0. The Balaban J connectivity index is 0.947. The van der Waals surface area contributed by atoms with E-state index in [-0.39, 0.29) is 62.0 Å². The van der Waals surface area contributed by atoms with E-state index in [1.807, 2.05) is 31.2 Å².